The molecule has 1 aliphatic rings. The lowest BCUT2D eigenvalue weighted by atomic mass is 10.1. The molecule has 0 spiro atoms. The summed E-state index contributed by atoms with van der Waals surface area (Å²) < 4.78 is 1.17. The fourth-order valence-corrected chi connectivity index (χ4v) is 5.24. The van der Waals surface area contributed by atoms with Crippen LogP contribution in [-0.2, 0) is 6.42 Å². The molecule has 0 bridgehead atoms. The first-order valence-corrected chi connectivity index (χ1v) is 11.2. The van der Waals surface area contributed by atoms with E-state index in [2.05, 4.69) is 54.4 Å². The van der Waals surface area contributed by atoms with Crippen molar-refractivity contribution in [2.24, 2.45) is 0 Å². The first kappa shape index (κ1) is 18.5. The van der Waals surface area contributed by atoms with Crippen molar-refractivity contribution in [1.82, 2.24) is 20.3 Å². The number of rotatable bonds is 4. The van der Waals surface area contributed by atoms with E-state index in [1.807, 2.05) is 6.07 Å². The maximum atomic E-state index is 5.03. The molecule has 4 heterocycles. The zero-order chi connectivity index (χ0) is 19.8. The normalized spacial score (nSPS) is 14.8. The zero-order valence-electron chi connectivity index (χ0n) is 16.9. The molecule has 0 unspecified atom stereocenters. The van der Waals surface area contributed by atoms with E-state index in [1.54, 1.807) is 11.3 Å². The van der Waals surface area contributed by atoms with Gasteiger partial charge in [-0.1, -0.05) is 37.3 Å². The van der Waals surface area contributed by atoms with Crippen LogP contribution in [0.2, 0.25) is 0 Å². The Morgan fingerprint density at radius 1 is 1.07 bits per heavy atom. The third-order valence-electron chi connectivity index (χ3n) is 5.47. The number of nitrogens with zero attached hydrogens (tertiary/aromatic N) is 4. The molecule has 1 saturated heterocycles. The van der Waals surface area contributed by atoms with Gasteiger partial charge < -0.3 is 10.2 Å². The quantitative estimate of drug-likeness (QED) is 0.541. The van der Waals surface area contributed by atoms with Crippen molar-refractivity contribution < 1.29 is 0 Å². The Balaban J connectivity index is 1.74. The Hall–Kier alpha value is -2.57. The maximum Gasteiger partial charge on any atom is 0.150 e. The maximum absolute atomic E-state index is 5.03. The number of thiophene rings is 1. The molecule has 4 aromatic rings. The van der Waals surface area contributed by atoms with Crippen molar-refractivity contribution in [2.45, 2.75) is 26.7 Å². The van der Waals surface area contributed by atoms with Crippen LogP contribution in [0.3, 0.4) is 0 Å². The number of anilines is 1. The van der Waals surface area contributed by atoms with Crippen molar-refractivity contribution in [2.75, 3.05) is 31.1 Å². The Morgan fingerprint density at radius 2 is 1.86 bits per heavy atom. The first-order valence-electron chi connectivity index (χ1n) is 10.4. The lowest BCUT2D eigenvalue weighted by molar-refractivity contribution is 0.585. The molecule has 0 amide bonds. The van der Waals surface area contributed by atoms with Gasteiger partial charge in [-0.2, -0.15) is 0 Å². The van der Waals surface area contributed by atoms with Crippen molar-refractivity contribution in [3.05, 3.63) is 47.8 Å². The van der Waals surface area contributed by atoms with E-state index in [9.17, 15) is 0 Å². The molecule has 0 radical (unpaired) electrons. The topological polar surface area (TPSA) is 53.9 Å². The van der Waals surface area contributed by atoms with E-state index >= 15 is 0 Å². The van der Waals surface area contributed by atoms with Gasteiger partial charge >= 0.3 is 0 Å². The van der Waals surface area contributed by atoms with Crippen LogP contribution in [0.4, 0.5) is 5.82 Å². The van der Waals surface area contributed by atoms with E-state index in [0.29, 0.717) is 0 Å². The van der Waals surface area contributed by atoms with E-state index < -0.39 is 0 Å². The Morgan fingerprint density at radius 3 is 2.62 bits per heavy atom. The predicted molar refractivity (Wildman–Crippen MR) is 122 cm³/mol. The van der Waals surface area contributed by atoms with Gasteiger partial charge in [-0.15, -0.1) is 11.3 Å². The van der Waals surface area contributed by atoms with Gasteiger partial charge in [-0.05, 0) is 25.0 Å². The molecule has 0 atom stereocenters. The highest BCUT2D eigenvalue weighted by Gasteiger charge is 2.21. The SMILES string of the molecule is CCCc1nc(N2CCNCC2)c2sc3nc(-c4ccccc4)cc(C)c3c2n1. The number of aromatic nitrogens is 3. The van der Waals surface area contributed by atoms with Gasteiger partial charge in [0.25, 0.3) is 0 Å². The van der Waals surface area contributed by atoms with Gasteiger partial charge in [-0.3, -0.25) is 0 Å². The third kappa shape index (κ3) is 3.36. The fourth-order valence-electron chi connectivity index (χ4n) is 4.03. The number of hydrogen-bond acceptors (Lipinski definition) is 6. The summed E-state index contributed by atoms with van der Waals surface area (Å²) in [5.41, 5.74) is 4.47. The Labute approximate surface area is 174 Å². The summed E-state index contributed by atoms with van der Waals surface area (Å²) in [6.45, 7) is 8.31. The number of pyridine rings is 1. The van der Waals surface area contributed by atoms with E-state index in [4.69, 9.17) is 15.0 Å². The molecular weight excluding hydrogens is 378 g/mol. The largest absolute Gasteiger partial charge is 0.353 e. The molecule has 0 saturated carbocycles. The molecule has 148 valence electrons. The van der Waals surface area contributed by atoms with Crippen LogP contribution < -0.4 is 10.2 Å². The van der Waals surface area contributed by atoms with Gasteiger partial charge in [0.15, 0.2) is 5.82 Å². The zero-order valence-corrected chi connectivity index (χ0v) is 17.7. The second kappa shape index (κ2) is 7.69. The summed E-state index contributed by atoms with van der Waals surface area (Å²) in [6, 6.07) is 12.6. The minimum atomic E-state index is 0.904. The molecule has 29 heavy (non-hydrogen) atoms. The molecule has 1 aromatic carbocycles. The van der Waals surface area contributed by atoms with Crippen LogP contribution >= 0.6 is 11.3 Å². The number of hydrogen-bond donors (Lipinski definition) is 1. The van der Waals surface area contributed by atoms with Crippen LogP contribution in [0.15, 0.2) is 36.4 Å². The molecule has 6 heteroatoms. The fraction of sp³-hybridized carbons (Fsp3) is 0.348. The predicted octanol–water partition coefficient (Wildman–Crippen LogP) is 4.58. The van der Waals surface area contributed by atoms with Gasteiger partial charge in [0, 0.05) is 43.5 Å². The lowest BCUT2D eigenvalue weighted by Gasteiger charge is -2.28. The number of piperazine rings is 1. The molecule has 1 aliphatic heterocycles. The van der Waals surface area contributed by atoms with E-state index in [1.165, 1.54) is 15.6 Å². The minimum Gasteiger partial charge on any atom is -0.353 e. The first-order chi connectivity index (χ1) is 14.2. The van der Waals surface area contributed by atoms with Gasteiger partial charge in [0.05, 0.1) is 15.9 Å². The second-order valence-corrected chi connectivity index (χ2v) is 8.60. The van der Waals surface area contributed by atoms with Gasteiger partial charge in [-0.25, -0.2) is 15.0 Å². The van der Waals surface area contributed by atoms with Crippen molar-refractivity contribution in [1.29, 1.82) is 0 Å². The summed E-state index contributed by atoms with van der Waals surface area (Å²) in [6.07, 6.45) is 1.95. The van der Waals surface area contributed by atoms with Crippen LogP contribution in [0, 0.1) is 6.92 Å². The third-order valence-corrected chi connectivity index (χ3v) is 6.54. The summed E-state index contributed by atoms with van der Waals surface area (Å²) in [7, 11) is 0. The highest BCUT2D eigenvalue weighted by molar-refractivity contribution is 7.26. The molecule has 1 fully saturated rings. The highest BCUT2D eigenvalue weighted by atomic mass is 32.1. The van der Waals surface area contributed by atoms with Crippen LogP contribution in [0.1, 0.15) is 24.7 Å². The molecule has 0 aliphatic carbocycles. The molecule has 3 aromatic heterocycles. The van der Waals surface area contributed by atoms with Crippen molar-refractivity contribution in [3.63, 3.8) is 0 Å². The van der Waals surface area contributed by atoms with Gasteiger partial charge in [0.2, 0.25) is 0 Å². The van der Waals surface area contributed by atoms with E-state index in [0.717, 1.165) is 72.3 Å². The summed E-state index contributed by atoms with van der Waals surface area (Å²) >= 11 is 1.73. The van der Waals surface area contributed by atoms with Crippen LogP contribution in [-0.4, -0.2) is 41.1 Å². The van der Waals surface area contributed by atoms with Crippen LogP contribution in [0.5, 0.6) is 0 Å². The minimum absolute atomic E-state index is 0.904. The summed E-state index contributed by atoms with van der Waals surface area (Å²) in [5.74, 6) is 2.03. The number of aryl methyl sites for hydroxylation is 2. The standard InChI is InChI=1S/C23H25N5S/c1-3-7-18-26-20-19-15(2)14-17(16-8-5-4-6-9-16)25-23(19)29-21(20)22(27-18)28-12-10-24-11-13-28/h4-6,8-9,14,24H,3,7,10-13H2,1-2H3. The lowest BCUT2D eigenvalue weighted by Crippen LogP contribution is -2.44. The molecular formula is C23H25N5S. The molecule has 5 rings (SSSR count). The van der Waals surface area contributed by atoms with E-state index in [-0.39, 0.29) is 0 Å². The Bertz CT molecular complexity index is 1160. The molecule has 5 nitrogen and oxygen atoms in total. The van der Waals surface area contributed by atoms with Crippen molar-refractivity contribution >= 4 is 37.6 Å². The smallest absolute Gasteiger partial charge is 0.150 e. The second-order valence-electron chi connectivity index (χ2n) is 7.60. The molecule has 1 N–H and O–H groups in total. The number of benzene rings is 1. The summed E-state index contributed by atoms with van der Waals surface area (Å²) in [5, 5.41) is 4.62. The average Bonchev–Trinajstić information content (AvgIpc) is 3.13. The van der Waals surface area contributed by atoms with Crippen LogP contribution in [0.25, 0.3) is 31.7 Å². The highest BCUT2D eigenvalue weighted by Crippen LogP contribution is 2.39. The number of nitrogens with one attached hydrogen (secondary N) is 1. The number of fused-ring (bicyclic) bond motifs is 3. The van der Waals surface area contributed by atoms with Gasteiger partial charge in [0.1, 0.15) is 10.7 Å². The Kier molecular flexibility index (Phi) is 4.89. The average molecular weight is 404 g/mol. The summed E-state index contributed by atoms with van der Waals surface area (Å²) in [4.78, 5) is 18.5. The van der Waals surface area contributed by atoms with Crippen molar-refractivity contribution in [3.8, 4) is 11.3 Å². The monoisotopic (exact) mass is 403 g/mol.